The molecule has 0 radical (unpaired) electrons. The number of benzene rings is 3. The molecule has 1 N–H and O–H groups in total. The second kappa shape index (κ2) is 9.62. The van der Waals surface area contributed by atoms with Crippen LogP contribution in [0.3, 0.4) is 0 Å². The Morgan fingerprint density at radius 2 is 1.86 bits per heavy atom. The molecule has 1 amide bonds. The number of thioether (sulfide) groups is 1. The smallest absolute Gasteiger partial charge is 0.234 e. The van der Waals surface area contributed by atoms with Crippen LogP contribution < -0.4 is 10.1 Å². The van der Waals surface area contributed by atoms with Crippen LogP contribution in [0, 0.1) is 10.9 Å². The Balaban J connectivity index is 1.46. The first-order chi connectivity index (χ1) is 18.0. The lowest BCUT2D eigenvalue weighted by molar-refractivity contribution is -0.113. The standard InChI is InChI=1S/C27H21N5O2S3/c1-16-8-3-5-12-20(16)32-25-23(37-27(32)35)24-29-19-11-4-6-13-21(19)31(24)26(30-25)36-15-22(33)28-17-9-7-10-18(14-17)34-2/h3-14H,15H2,1-2H3,(H,28,33). The summed E-state index contributed by atoms with van der Waals surface area (Å²) in [4.78, 5) is 22.9. The van der Waals surface area contributed by atoms with Gasteiger partial charge in [-0.3, -0.25) is 13.8 Å². The summed E-state index contributed by atoms with van der Waals surface area (Å²) >= 11 is 8.67. The number of aromatic nitrogens is 4. The lowest BCUT2D eigenvalue weighted by Crippen LogP contribution is -2.14. The molecule has 6 aromatic rings. The summed E-state index contributed by atoms with van der Waals surface area (Å²) in [5.41, 5.74) is 6.08. The largest absolute Gasteiger partial charge is 0.497 e. The minimum Gasteiger partial charge on any atom is -0.497 e. The van der Waals surface area contributed by atoms with Crippen molar-refractivity contribution >= 4 is 73.9 Å². The summed E-state index contributed by atoms with van der Waals surface area (Å²) in [6.45, 7) is 2.06. The molecule has 0 aliphatic rings. The van der Waals surface area contributed by atoms with Crippen LogP contribution in [0.5, 0.6) is 5.75 Å². The molecule has 10 heteroatoms. The van der Waals surface area contributed by atoms with Gasteiger partial charge in [-0.15, -0.1) is 0 Å². The van der Waals surface area contributed by atoms with Crippen LogP contribution in [0.2, 0.25) is 0 Å². The Labute approximate surface area is 225 Å². The maximum Gasteiger partial charge on any atom is 0.234 e. The Hall–Kier alpha value is -3.73. The van der Waals surface area contributed by atoms with E-state index in [0.29, 0.717) is 20.5 Å². The number of aryl methyl sites for hydroxylation is 1. The second-order valence-corrected chi connectivity index (χ2v) is 11.0. The number of hydrogen-bond acceptors (Lipinski definition) is 7. The number of ether oxygens (including phenoxy) is 1. The van der Waals surface area contributed by atoms with Crippen LogP contribution in [0.4, 0.5) is 5.69 Å². The third-order valence-electron chi connectivity index (χ3n) is 5.99. The average molecular weight is 544 g/mol. The van der Waals surface area contributed by atoms with Gasteiger partial charge in [0.05, 0.1) is 29.6 Å². The first kappa shape index (κ1) is 23.7. The number of nitrogens with one attached hydrogen (secondary N) is 1. The molecule has 3 aromatic heterocycles. The number of fused-ring (bicyclic) bond motifs is 5. The van der Waals surface area contributed by atoms with Gasteiger partial charge in [0.15, 0.2) is 20.4 Å². The van der Waals surface area contributed by atoms with Gasteiger partial charge in [-0.1, -0.05) is 59.5 Å². The predicted octanol–water partition coefficient (Wildman–Crippen LogP) is 6.67. The molecule has 6 rings (SSSR count). The summed E-state index contributed by atoms with van der Waals surface area (Å²) < 4.78 is 10.9. The number of imidazole rings is 1. The fraction of sp³-hybridized carbons (Fsp3) is 0.111. The first-order valence-electron chi connectivity index (χ1n) is 11.5. The van der Waals surface area contributed by atoms with Crippen molar-refractivity contribution in [3.8, 4) is 11.4 Å². The van der Waals surface area contributed by atoms with Crippen LogP contribution in [-0.2, 0) is 4.79 Å². The number of thiazole rings is 1. The highest BCUT2D eigenvalue weighted by Crippen LogP contribution is 2.34. The quantitative estimate of drug-likeness (QED) is 0.144. The minimum absolute atomic E-state index is 0.140. The molecule has 3 heterocycles. The number of carbonyl (C=O) groups excluding carboxylic acids is 1. The van der Waals surface area contributed by atoms with Crippen LogP contribution in [0.1, 0.15) is 5.56 Å². The lowest BCUT2D eigenvalue weighted by Gasteiger charge is -2.11. The van der Waals surface area contributed by atoms with Crippen LogP contribution in [0.25, 0.3) is 32.7 Å². The molecular formula is C27H21N5O2S3. The third kappa shape index (κ3) is 4.26. The average Bonchev–Trinajstić information content (AvgIpc) is 3.45. The number of amides is 1. The lowest BCUT2D eigenvalue weighted by atomic mass is 10.2. The van der Waals surface area contributed by atoms with E-state index in [4.69, 9.17) is 26.9 Å². The van der Waals surface area contributed by atoms with E-state index in [1.165, 1.54) is 23.1 Å². The Kier molecular flexibility index (Phi) is 6.15. The molecule has 0 saturated carbocycles. The Bertz CT molecular complexity index is 1870. The van der Waals surface area contributed by atoms with E-state index in [-0.39, 0.29) is 11.7 Å². The van der Waals surface area contributed by atoms with Gasteiger partial charge in [0.2, 0.25) is 5.91 Å². The van der Waals surface area contributed by atoms with E-state index in [9.17, 15) is 4.79 Å². The topological polar surface area (TPSA) is 73.4 Å². The number of methoxy groups -OCH3 is 1. The number of carbonyl (C=O) groups is 1. The van der Waals surface area contributed by atoms with Gasteiger partial charge >= 0.3 is 0 Å². The number of para-hydroxylation sites is 3. The highest BCUT2D eigenvalue weighted by molar-refractivity contribution is 7.99. The van der Waals surface area contributed by atoms with E-state index in [1.54, 1.807) is 13.2 Å². The van der Waals surface area contributed by atoms with Gasteiger partial charge in [-0.05, 0) is 55.0 Å². The number of anilines is 1. The van der Waals surface area contributed by atoms with Crippen molar-refractivity contribution in [3.63, 3.8) is 0 Å². The molecule has 0 atom stereocenters. The minimum atomic E-state index is -0.140. The summed E-state index contributed by atoms with van der Waals surface area (Å²) in [6, 6.07) is 23.3. The van der Waals surface area contributed by atoms with Crippen LogP contribution in [-0.4, -0.2) is 37.7 Å². The molecule has 37 heavy (non-hydrogen) atoms. The maximum atomic E-state index is 12.9. The summed E-state index contributed by atoms with van der Waals surface area (Å²) in [6.07, 6.45) is 0. The van der Waals surface area contributed by atoms with Gasteiger partial charge < -0.3 is 10.1 Å². The van der Waals surface area contributed by atoms with E-state index < -0.39 is 0 Å². The van der Waals surface area contributed by atoms with Gasteiger partial charge in [-0.2, -0.15) is 0 Å². The molecule has 0 aliphatic carbocycles. The van der Waals surface area contributed by atoms with Crippen molar-refractivity contribution in [1.82, 2.24) is 18.9 Å². The van der Waals surface area contributed by atoms with Gasteiger partial charge in [0.1, 0.15) is 10.4 Å². The highest BCUT2D eigenvalue weighted by atomic mass is 32.2. The number of rotatable bonds is 6. The molecule has 3 aromatic carbocycles. The fourth-order valence-corrected chi connectivity index (χ4v) is 6.42. The summed E-state index contributed by atoms with van der Waals surface area (Å²) in [5.74, 6) is 0.716. The van der Waals surface area contributed by atoms with Crippen LogP contribution >= 0.6 is 35.3 Å². The SMILES string of the molecule is COc1cccc(NC(=O)CSc2nc3c(sc(=S)n3-c3ccccc3C)c3nc4ccccc4n23)c1. The summed E-state index contributed by atoms with van der Waals surface area (Å²) in [5, 5.41) is 3.61. The zero-order chi connectivity index (χ0) is 25.5. The number of nitrogens with zero attached hydrogens (tertiary/aromatic N) is 4. The zero-order valence-corrected chi connectivity index (χ0v) is 22.4. The molecule has 0 fully saturated rings. The molecule has 184 valence electrons. The molecule has 0 unspecified atom stereocenters. The third-order valence-corrected chi connectivity index (χ3v) is 8.28. The number of hydrogen-bond donors (Lipinski definition) is 1. The highest BCUT2D eigenvalue weighted by Gasteiger charge is 2.20. The van der Waals surface area contributed by atoms with Crippen molar-refractivity contribution in [1.29, 1.82) is 0 Å². The first-order valence-corrected chi connectivity index (χ1v) is 13.7. The zero-order valence-electron chi connectivity index (χ0n) is 20.0. The second-order valence-electron chi connectivity index (χ2n) is 8.37. The molecule has 7 nitrogen and oxygen atoms in total. The normalized spacial score (nSPS) is 11.4. The Morgan fingerprint density at radius 1 is 1.05 bits per heavy atom. The molecule has 0 bridgehead atoms. The Morgan fingerprint density at radius 3 is 2.70 bits per heavy atom. The molecule has 0 spiro atoms. The van der Waals surface area contributed by atoms with E-state index >= 15 is 0 Å². The van der Waals surface area contributed by atoms with Crippen molar-refractivity contribution in [2.24, 2.45) is 0 Å². The van der Waals surface area contributed by atoms with Gasteiger partial charge in [0, 0.05) is 11.8 Å². The maximum absolute atomic E-state index is 12.9. The van der Waals surface area contributed by atoms with Crippen molar-refractivity contribution < 1.29 is 9.53 Å². The van der Waals surface area contributed by atoms with Crippen molar-refractivity contribution in [2.45, 2.75) is 12.1 Å². The predicted molar refractivity (Wildman–Crippen MR) is 153 cm³/mol. The van der Waals surface area contributed by atoms with Crippen LogP contribution in [0.15, 0.2) is 78.0 Å². The van der Waals surface area contributed by atoms with E-state index in [2.05, 4.69) is 18.3 Å². The van der Waals surface area contributed by atoms with Crippen molar-refractivity contribution in [3.05, 3.63) is 82.3 Å². The van der Waals surface area contributed by atoms with Gasteiger partial charge in [0.25, 0.3) is 0 Å². The monoisotopic (exact) mass is 543 g/mol. The van der Waals surface area contributed by atoms with Gasteiger partial charge in [-0.25, -0.2) is 9.97 Å². The van der Waals surface area contributed by atoms with E-state index in [0.717, 1.165) is 38.3 Å². The molecule has 0 aliphatic heterocycles. The molecular weight excluding hydrogens is 523 g/mol. The van der Waals surface area contributed by atoms with E-state index in [1.807, 2.05) is 69.6 Å². The fourth-order valence-electron chi connectivity index (χ4n) is 4.28. The summed E-state index contributed by atoms with van der Waals surface area (Å²) in [7, 11) is 1.60. The van der Waals surface area contributed by atoms with Crippen molar-refractivity contribution in [2.75, 3.05) is 18.2 Å². The molecule has 0 saturated heterocycles.